The Morgan fingerprint density at radius 1 is 1.54 bits per heavy atom. The highest BCUT2D eigenvalue weighted by atomic mass is 16.7. The summed E-state index contributed by atoms with van der Waals surface area (Å²) in [5.41, 5.74) is 3.03. The summed E-state index contributed by atoms with van der Waals surface area (Å²) >= 11 is 0. The lowest BCUT2D eigenvalue weighted by molar-refractivity contribution is -0.138. The van der Waals surface area contributed by atoms with Crippen molar-refractivity contribution in [1.29, 1.82) is 0 Å². The van der Waals surface area contributed by atoms with Gasteiger partial charge in [0, 0.05) is 25.0 Å². The highest BCUT2D eigenvalue weighted by Gasteiger charge is 2.05. The van der Waals surface area contributed by atoms with Crippen molar-refractivity contribution in [2.45, 2.75) is 0 Å². The van der Waals surface area contributed by atoms with E-state index in [1.165, 1.54) is 12.3 Å². The van der Waals surface area contributed by atoms with E-state index < -0.39 is 0 Å². The van der Waals surface area contributed by atoms with Crippen molar-refractivity contribution in [1.82, 2.24) is 15.6 Å². The Bertz CT molecular complexity index is 276. The zero-order chi connectivity index (χ0) is 9.68. The van der Waals surface area contributed by atoms with Gasteiger partial charge in [0.15, 0.2) is 0 Å². The third-order valence-corrected chi connectivity index (χ3v) is 1.48. The second-order valence-corrected chi connectivity index (χ2v) is 2.36. The van der Waals surface area contributed by atoms with Crippen molar-refractivity contribution >= 4 is 5.91 Å². The number of pyridine rings is 1. The maximum atomic E-state index is 11.4. The minimum absolute atomic E-state index is 0.230. The van der Waals surface area contributed by atoms with E-state index in [0.29, 0.717) is 5.56 Å². The lowest BCUT2D eigenvalue weighted by Crippen LogP contribution is -2.38. The number of aromatic nitrogens is 1. The van der Waals surface area contributed by atoms with E-state index in [0.717, 1.165) is 0 Å². The average molecular weight is 181 g/mol. The molecule has 0 saturated carbocycles. The zero-order valence-electron chi connectivity index (χ0n) is 7.52. The van der Waals surface area contributed by atoms with E-state index >= 15 is 0 Å². The van der Waals surface area contributed by atoms with E-state index in [1.54, 1.807) is 31.6 Å². The molecule has 1 rings (SSSR count). The molecule has 1 aromatic heterocycles. The van der Waals surface area contributed by atoms with Crippen LogP contribution in [0.15, 0.2) is 24.5 Å². The SMILES string of the molecule is CON(C)NC(=O)c1ccncc1. The Kier molecular flexibility index (Phi) is 3.36. The van der Waals surface area contributed by atoms with Gasteiger partial charge in [0.05, 0.1) is 7.11 Å². The van der Waals surface area contributed by atoms with Crippen LogP contribution in [-0.4, -0.2) is 30.2 Å². The van der Waals surface area contributed by atoms with Gasteiger partial charge in [-0.1, -0.05) is 0 Å². The lowest BCUT2D eigenvalue weighted by Gasteiger charge is -2.14. The summed E-state index contributed by atoms with van der Waals surface area (Å²) in [5, 5.41) is 1.22. The van der Waals surface area contributed by atoms with Crippen molar-refractivity contribution in [2.24, 2.45) is 0 Å². The maximum absolute atomic E-state index is 11.4. The van der Waals surface area contributed by atoms with Crippen LogP contribution >= 0.6 is 0 Å². The normalized spacial score (nSPS) is 10.1. The number of amides is 1. The molecule has 70 valence electrons. The van der Waals surface area contributed by atoms with Crippen molar-refractivity contribution in [3.05, 3.63) is 30.1 Å². The fourth-order valence-corrected chi connectivity index (χ4v) is 0.756. The highest BCUT2D eigenvalue weighted by molar-refractivity contribution is 5.93. The molecule has 0 fully saturated rings. The quantitative estimate of drug-likeness (QED) is 0.678. The Morgan fingerprint density at radius 3 is 2.69 bits per heavy atom. The molecule has 0 bridgehead atoms. The summed E-state index contributed by atoms with van der Waals surface area (Å²) in [5.74, 6) is -0.230. The molecule has 0 radical (unpaired) electrons. The summed E-state index contributed by atoms with van der Waals surface area (Å²) in [6, 6.07) is 3.25. The minimum atomic E-state index is -0.230. The van der Waals surface area contributed by atoms with E-state index in [9.17, 15) is 4.79 Å². The van der Waals surface area contributed by atoms with Crippen LogP contribution in [0.4, 0.5) is 0 Å². The van der Waals surface area contributed by atoms with Gasteiger partial charge in [0.1, 0.15) is 0 Å². The van der Waals surface area contributed by atoms with Gasteiger partial charge in [-0.05, 0) is 12.1 Å². The van der Waals surface area contributed by atoms with Gasteiger partial charge >= 0.3 is 0 Å². The molecule has 0 aliphatic carbocycles. The number of rotatable bonds is 3. The number of nitrogens with zero attached hydrogens (tertiary/aromatic N) is 2. The van der Waals surface area contributed by atoms with Gasteiger partial charge in [0.2, 0.25) is 0 Å². The van der Waals surface area contributed by atoms with Gasteiger partial charge < -0.3 is 0 Å². The maximum Gasteiger partial charge on any atom is 0.267 e. The molecular formula is C8H11N3O2. The number of hydrazine groups is 1. The van der Waals surface area contributed by atoms with Crippen molar-refractivity contribution < 1.29 is 9.63 Å². The second kappa shape index (κ2) is 4.54. The minimum Gasteiger partial charge on any atom is -0.283 e. The molecule has 0 saturated heterocycles. The van der Waals surface area contributed by atoms with Crippen LogP contribution in [0.3, 0.4) is 0 Å². The van der Waals surface area contributed by atoms with Crippen molar-refractivity contribution in [3.8, 4) is 0 Å². The Labute approximate surface area is 76.3 Å². The molecule has 1 amide bonds. The summed E-state index contributed by atoms with van der Waals surface area (Å²) in [7, 11) is 3.06. The van der Waals surface area contributed by atoms with Gasteiger partial charge in [-0.15, -0.1) is 5.17 Å². The first-order chi connectivity index (χ1) is 6.24. The second-order valence-electron chi connectivity index (χ2n) is 2.36. The Hall–Kier alpha value is -1.46. The third kappa shape index (κ3) is 2.81. The molecule has 0 spiro atoms. The Balaban J connectivity index is 2.59. The number of carbonyl (C=O) groups is 1. The first-order valence-corrected chi connectivity index (χ1v) is 3.73. The van der Waals surface area contributed by atoms with Gasteiger partial charge in [0.25, 0.3) is 5.91 Å². The first kappa shape index (κ1) is 9.63. The highest BCUT2D eigenvalue weighted by Crippen LogP contribution is 1.95. The average Bonchev–Trinajstić information content (AvgIpc) is 2.19. The van der Waals surface area contributed by atoms with Crippen LogP contribution in [0, 0.1) is 0 Å². The standard InChI is InChI=1S/C8H11N3O2/c1-11(13-2)10-8(12)7-3-5-9-6-4-7/h3-6H,1-2H3,(H,10,12). The molecule has 0 aromatic carbocycles. The number of carbonyl (C=O) groups excluding carboxylic acids is 1. The molecule has 0 aliphatic rings. The summed E-state index contributed by atoms with van der Waals surface area (Å²) in [6.45, 7) is 0. The van der Waals surface area contributed by atoms with Gasteiger partial charge in [-0.25, -0.2) is 0 Å². The number of hydrogen-bond acceptors (Lipinski definition) is 4. The van der Waals surface area contributed by atoms with Gasteiger partial charge in [-0.2, -0.15) is 0 Å². The number of hydroxylamine groups is 1. The lowest BCUT2D eigenvalue weighted by atomic mass is 10.3. The van der Waals surface area contributed by atoms with Crippen LogP contribution < -0.4 is 5.43 Å². The third-order valence-electron chi connectivity index (χ3n) is 1.48. The summed E-state index contributed by atoms with van der Waals surface area (Å²) in [6.07, 6.45) is 3.11. The van der Waals surface area contributed by atoms with Crippen molar-refractivity contribution in [3.63, 3.8) is 0 Å². The van der Waals surface area contributed by atoms with Crippen molar-refractivity contribution in [2.75, 3.05) is 14.2 Å². The van der Waals surface area contributed by atoms with E-state index in [-0.39, 0.29) is 5.91 Å². The molecule has 0 aliphatic heterocycles. The topological polar surface area (TPSA) is 54.5 Å². The van der Waals surface area contributed by atoms with E-state index in [1.807, 2.05) is 0 Å². The van der Waals surface area contributed by atoms with Gasteiger partial charge in [-0.3, -0.25) is 20.0 Å². The fourth-order valence-electron chi connectivity index (χ4n) is 0.756. The van der Waals surface area contributed by atoms with Crippen LogP contribution in [0.1, 0.15) is 10.4 Å². The molecule has 1 N–H and O–H groups in total. The number of nitrogens with one attached hydrogen (secondary N) is 1. The molecule has 0 unspecified atom stereocenters. The molecule has 0 atom stereocenters. The number of hydrogen-bond donors (Lipinski definition) is 1. The molecule has 13 heavy (non-hydrogen) atoms. The predicted octanol–water partition coefficient (Wildman–Crippen LogP) is 0.220. The van der Waals surface area contributed by atoms with E-state index in [2.05, 4.69) is 10.4 Å². The monoisotopic (exact) mass is 181 g/mol. The van der Waals surface area contributed by atoms with Crippen LogP contribution in [0.25, 0.3) is 0 Å². The first-order valence-electron chi connectivity index (χ1n) is 3.73. The smallest absolute Gasteiger partial charge is 0.267 e. The fraction of sp³-hybridized carbons (Fsp3) is 0.250. The van der Waals surface area contributed by atoms with E-state index in [4.69, 9.17) is 4.84 Å². The van der Waals surface area contributed by atoms with Crippen LogP contribution in [0.5, 0.6) is 0 Å². The molecule has 5 nitrogen and oxygen atoms in total. The van der Waals surface area contributed by atoms with Crippen LogP contribution in [0.2, 0.25) is 0 Å². The molecular weight excluding hydrogens is 170 g/mol. The molecule has 5 heteroatoms. The Morgan fingerprint density at radius 2 is 2.15 bits per heavy atom. The summed E-state index contributed by atoms with van der Waals surface area (Å²) in [4.78, 5) is 19.9. The molecule has 1 heterocycles. The zero-order valence-corrected chi connectivity index (χ0v) is 7.52. The predicted molar refractivity (Wildman–Crippen MR) is 46.5 cm³/mol. The molecule has 1 aromatic rings. The summed E-state index contributed by atoms with van der Waals surface area (Å²) < 4.78 is 0. The largest absolute Gasteiger partial charge is 0.283 e. The van der Waals surface area contributed by atoms with Crippen LogP contribution in [-0.2, 0) is 4.84 Å².